The Morgan fingerprint density at radius 1 is 1.12 bits per heavy atom. The Morgan fingerprint density at radius 2 is 1.85 bits per heavy atom. The summed E-state index contributed by atoms with van der Waals surface area (Å²) >= 11 is 0. The molecule has 0 bridgehead atoms. The standard InChI is InChI=1S/C24H29F2N5O2/c1-14-15(2)29-22-20(28-14)11-19(23(32)31(22)18-4-7-24(25,26)8-5-18)16-6-9-33-21(10-16)17-12-27-30(3)13-17/h11-13,16,18,21H,4-10H2,1-3H3/t16-,21+/m0/s1. The van der Waals surface area contributed by atoms with Gasteiger partial charge in [-0.15, -0.1) is 0 Å². The van der Waals surface area contributed by atoms with E-state index in [0.717, 1.165) is 23.4 Å². The van der Waals surface area contributed by atoms with Crippen molar-refractivity contribution in [3.05, 3.63) is 51.3 Å². The van der Waals surface area contributed by atoms with Crippen molar-refractivity contribution in [3.8, 4) is 0 Å². The van der Waals surface area contributed by atoms with Gasteiger partial charge in [0.05, 0.1) is 23.7 Å². The Morgan fingerprint density at radius 3 is 2.55 bits per heavy atom. The second-order valence-corrected chi connectivity index (χ2v) is 9.49. The first-order valence-corrected chi connectivity index (χ1v) is 11.6. The first-order chi connectivity index (χ1) is 15.7. The number of ether oxygens (including phenoxy) is 1. The highest BCUT2D eigenvalue weighted by Gasteiger charge is 2.37. The zero-order chi connectivity index (χ0) is 23.3. The molecule has 2 fully saturated rings. The van der Waals surface area contributed by atoms with Crippen molar-refractivity contribution in [1.29, 1.82) is 0 Å². The Balaban J connectivity index is 1.58. The van der Waals surface area contributed by atoms with E-state index in [4.69, 9.17) is 9.72 Å². The molecule has 9 heteroatoms. The van der Waals surface area contributed by atoms with Crippen molar-refractivity contribution in [2.24, 2.45) is 7.05 Å². The number of aryl methyl sites for hydroxylation is 3. The average Bonchev–Trinajstić information content (AvgIpc) is 3.22. The van der Waals surface area contributed by atoms with E-state index in [2.05, 4.69) is 10.1 Å². The van der Waals surface area contributed by atoms with Gasteiger partial charge in [-0.1, -0.05) is 0 Å². The van der Waals surface area contributed by atoms with E-state index in [0.29, 0.717) is 29.8 Å². The van der Waals surface area contributed by atoms with Crippen LogP contribution in [0.4, 0.5) is 8.78 Å². The third-order valence-electron chi connectivity index (χ3n) is 7.17. The molecule has 7 nitrogen and oxygen atoms in total. The predicted octanol–water partition coefficient (Wildman–Crippen LogP) is 4.53. The third-order valence-corrected chi connectivity index (χ3v) is 7.17. The second kappa shape index (κ2) is 8.27. The highest BCUT2D eigenvalue weighted by molar-refractivity contribution is 5.72. The largest absolute Gasteiger partial charge is 0.373 e. The van der Waals surface area contributed by atoms with Crippen molar-refractivity contribution in [2.45, 2.75) is 76.4 Å². The van der Waals surface area contributed by atoms with Gasteiger partial charge in [0.25, 0.3) is 5.56 Å². The van der Waals surface area contributed by atoms with Crippen molar-refractivity contribution < 1.29 is 13.5 Å². The molecule has 2 aliphatic rings. The zero-order valence-corrected chi connectivity index (χ0v) is 19.2. The van der Waals surface area contributed by atoms with E-state index in [1.807, 2.05) is 33.2 Å². The Hall–Kier alpha value is -2.68. The summed E-state index contributed by atoms with van der Waals surface area (Å²) in [6.45, 7) is 4.29. The Labute approximate surface area is 190 Å². The van der Waals surface area contributed by atoms with E-state index >= 15 is 0 Å². The molecule has 0 unspecified atom stereocenters. The molecule has 1 saturated heterocycles. The Bertz CT molecular complexity index is 1240. The van der Waals surface area contributed by atoms with Crippen LogP contribution in [0.15, 0.2) is 23.3 Å². The van der Waals surface area contributed by atoms with Crippen LogP contribution in [0.3, 0.4) is 0 Å². The number of pyridine rings is 1. The summed E-state index contributed by atoms with van der Waals surface area (Å²) in [6.07, 6.45) is 5.06. The van der Waals surface area contributed by atoms with Crippen LogP contribution in [-0.2, 0) is 11.8 Å². The molecule has 0 spiro atoms. The maximum atomic E-state index is 13.9. The van der Waals surface area contributed by atoms with Gasteiger partial charge in [-0.3, -0.25) is 14.0 Å². The molecule has 1 aliphatic carbocycles. The molecule has 5 rings (SSSR count). The first kappa shape index (κ1) is 22.1. The third kappa shape index (κ3) is 4.18. The number of halogens is 2. The smallest absolute Gasteiger partial charge is 0.256 e. The van der Waals surface area contributed by atoms with Crippen molar-refractivity contribution >= 4 is 11.2 Å². The predicted molar refractivity (Wildman–Crippen MR) is 120 cm³/mol. The van der Waals surface area contributed by atoms with Crippen molar-refractivity contribution in [3.63, 3.8) is 0 Å². The molecule has 4 heterocycles. The van der Waals surface area contributed by atoms with Crippen LogP contribution in [0.25, 0.3) is 11.2 Å². The van der Waals surface area contributed by atoms with Crippen molar-refractivity contribution in [1.82, 2.24) is 24.3 Å². The normalized spacial score (nSPS) is 23.8. The molecule has 0 amide bonds. The lowest BCUT2D eigenvalue weighted by Crippen LogP contribution is -2.35. The quantitative estimate of drug-likeness (QED) is 0.578. The minimum absolute atomic E-state index is 0.0134. The average molecular weight is 458 g/mol. The van der Waals surface area contributed by atoms with Crippen LogP contribution >= 0.6 is 0 Å². The van der Waals surface area contributed by atoms with Gasteiger partial charge in [-0.2, -0.15) is 5.10 Å². The number of nitrogens with zero attached hydrogens (tertiary/aromatic N) is 5. The lowest BCUT2D eigenvalue weighted by molar-refractivity contribution is -0.0439. The molecule has 3 aromatic heterocycles. The molecule has 0 N–H and O–H groups in total. The highest BCUT2D eigenvalue weighted by Crippen LogP contribution is 2.40. The summed E-state index contributed by atoms with van der Waals surface area (Å²) in [5.74, 6) is -2.68. The van der Waals surface area contributed by atoms with Gasteiger partial charge in [0.15, 0.2) is 5.65 Å². The minimum Gasteiger partial charge on any atom is -0.373 e. The summed E-state index contributed by atoms with van der Waals surface area (Å²) in [5.41, 5.74) is 4.22. The van der Waals surface area contributed by atoms with Gasteiger partial charge in [0.2, 0.25) is 5.92 Å². The van der Waals surface area contributed by atoms with E-state index in [-0.39, 0.29) is 49.3 Å². The lowest BCUT2D eigenvalue weighted by Gasteiger charge is -2.32. The summed E-state index contributed by atoms with van der Waals surface area (Å²) in [4.78, 5) is 23.2. The van der Waals surface area contributed by atoms with Crippen molar-refractivity contribution in [2.75, 3.05) is 6.61 Å². The van der Waals surface area contributed by atoms with Gasteiger partial charge in [0.1, 0.15) is 5.52 Å². The molecule has 1 saturated carbocycles. The number of hydrogen-bond donors (Lipinski definition) is 0. The van der Waals surface area contributed by atoms with Gasteiger partial charge in [-0.25, -0.2) is 18.7 Å². The van der Waals surface area contributed by atoms with E-state index in [1.165, 1.54) is 0 Å². The van der Waals surface area contributed by atoms with Crippen LogP contribution in [0.1, 0.15) is 79.1 Å². The summed E-state index contributed by atoms with van der Waals surface area (Å²) in [5, 5.41) is 4.24. The molecule has 3 aromatic rings. The van der Waals surface area contributed by atoms with Crippen LogP contribution in [0.5, 0.6) is 0 Å². The number of rotatable bonds is 3. The zero-order valence-electron chi connectivity index (χ0n) is 19.2. The van der Waals surface area contributed by atoms with Gasteiger partial charge >= 0.3 is 0 Å². The number of aromatic nitrogens is 5. The fraction of sp³-hybridized carbons (Fsp3) is 0.583. The fourth-order valence-corrected chi connectivity index (χ4v) is 5.16. The van der Waals surface area contributed by atoms with Crippen LogP contribution in [-0.4, -0.2) is 36.8 Å². The molecule has 1 aliphatic heterocycles. The second-order valence-electron chi connectivity index (χ2n) is 9.49. The first-order valence-electron chi connectivity index (χ1n) is 11.6. The van der Waals surface area contributed by atoms with Crippen LogP contribution < -0.4 is 5.56 Å². The summed E-state index contributed by atoms with van der Waals surface area (Å²) in [7, 11) is 1.86. The maximum Gasteiger partial charge on any atom is 0.256 e. The maximum absolute atomic E-state index is 13.9. The summed E-state index contributed by atoms with van der Waals surface area (Å²) in [6, 6.07) is 1.56. The highest BCUT2D eigenvalue weighted by atomic mass is 19.3. The number of hydrogen-bond acceptors (Lipinski definition) is 5. The monoisotopic (exact) mass is 457 g/mol. The Kier molecular flexibility index (Phi) is 5.55. The SMILES string of the molecule is Cc1nc2cc([C@H]3CCO[C@@H](c4cnn(C)c4)C3)c(=O)n(C3CCC(F)(F)CC3)c2nc1C. The van der Waals surface area contributed by atoms with E-state index < -0.39 is 5.92 Å². The summed E-state index contributed by atoms with van der Waals surface area (Å²) < 4.78 is 37.1. The molecule has 0 radical (unpaired) electrons. The molecule has 0 aromatic carbocycles. The van der Waals surface area contributed by atoms with Gasteiger partial charge < -0.3 is 4.74 Å². The molecular weight excluding hydrogens is 428 g/mol. The number of fused-ring (bicyclic) bond motifs is 1. The topological polar surface area (TPSA) is 74.8 Å². The van der Waals surface area contributed by atoms with Crippen LogP contribution in [0.2, 0.25) is 0 Å². The lowest BCUT2D eigenvalue weighted by atomic mass is 9.87. The minimum atomic E-state index is -2.66. The van der Waals surface area contributed by atoms with E-state index in [9.17, 15) is 13.6 Å². The molecule has 33 heavy (non-hydrogen) atoms. The molecule has 176 valence electrons. The fourth-order valence-electron chi connectivity index (χ4n) is 5.16. The number of alkyl halides is 2. The van der Waals surface area contributed by atoms with Gasteiger partial charge in [-0.05, 0) is 51.5 Å². The van der Waals surface area contributed by atoms with Crippen LogP contribution in [0, 0.1) is 13.8 Å². The molecule has 2 atom stereocenters. The van der Waals surface area contributed by atoms with Gasteiger partial charge in [0, 0.05) is 49.9 Å². The van der Waals surface area contributed by atoms with E-state index in [1.54, 1.807) is 15.4 Å². The molecular formula is C24H29F2N5O2.